The number of hydrogen-bond acceptors (Lipinski definition) is 4. The number of amides is 3. The van der Waals surface area contributed by atoms with Crippen LogP contribution in [0.2, 0.25) is 0 Å². The highest BCUT2D eigenvalue weighted by Gasteiger charge is 2.58. The number of hydrogen-bond donors (Lipinski definition) is 0. The van der Waals surface area contributed by atoms with Gasteiger partial charge in [-0.05, 0) is 56.4 Å². The number of carbonyl (C=O) groups excluding carboxylic acids is 2. The molecule has 0 aliphatic carbocycles. The molecule has 3 amide bonds. The molecule has 0 aromatic heterocycles. The van der Waals surface area contributed by atoms with Gasteiger partial charge < -0.3 is 9.64 Å². The smallest absolute Gasteiger partial charge is 0.327 e. The molecular formula is C26H33N3O3. The highest BCUT2D eigenvalue weighted by Crippen LogP contribution is 2.38. The predicted octanol–water partition coefficient (Wildman–Crippen LogP) is 3.95. The Morgan fingerprint density at radius 2 is 1.59 bits per heavy atom. The maximum atomic E-state index is 13.5. The lowest BCUT2D eigenvalue weighted by molar-refractivity contribution is -0.136. The number of piperidine rings is 1. The zero-order valence-corrected chi connectivity index (χ0v) is 19.3. The first-order chi connectivity index (χ1) is 15.4. The molecule has 2 aliphatic heterocycles. The molecule has 0 radical (unpaired) electrons. The Morgan fingerprint density at radius 3 is 2.19 bits per heavy atom. The number of benzene rings is 2. The molecule has 2 saturated heterocycles. The third kappa shape index (κ3) is 4.24. The summed E-state index contributed by atoms with van der Waals surface area (Å²) < 4.78 is 5.24. The summed E-state index contributed by atoms with van der Waals surface area (Å²) in [5, 5.41) is 0. The number of imide groups is 1. The van der Waals surface area contributed by atoms with E-state index in [0.717, 1.165) is 30.9 Å². The van der Waals surface area contributed by atoms with Crippen molar-refractivity contribution in [2.24, 2.45) is 0 Å². The molecule has 6 heteroatoms. The molecule has 1 spiro atoms. The van der Waals surface area contributed by atoms with Gasteiger partial charge in [0.15, 0.2) is 0 Å². The Bertz CT molecular complexity index is 935. The van der Waals surface area contributed by atoms with Crippen LogP contribution < -0.4 is 4.74 Å². The van der Waals surface area contributed by atoms with Crippen molar-refractivity contribution in [3.8, 4) is 5.75 Å². The van der Waals surface area contributed by atoms with Crippen LogP contribution in [-0.2, 0) is 17.8 Å². The first-order valence-electron chi connectivity index (χ1n) is 11.5. The normalized spacial score (nSPS) is 18.8. The van der Waals surface area contributed by atoms with E-state index in [1.54, 1.807) is 7.11 Å². The van der Waals surface area contributed by atoms with Crippen molar-refractivity contribution in [2.45, 2.75) is 51.2 Å². The van der Waals surface area contributed by atoms with Crippen LogP contribution >= 0.6 is 0 Å². The van der Waals surface area contributed by atoms with E-state index in [0.29, 0.717) is 25.8 Å². The first kappa shape index (κ1) is 22.3. The molecule has 4 rings (SSSR count). The van der Waals surface area contributed by atoms with Crippen molar-refractivity contribution in [1.82, 2.24) is 14.7 Å². The van der Waals surface area contributed by atoms with E-state index in [1.807, 2.05) is 49.1 Å². The van der Waals surface area contributed by atoms with Gasteiger partial charge >= 0.3 is 6.03 Å². The number of carbonyl (C=O) groups is 2. The Morgan fingerprint density at radius 1 is 0.938 bits per heavy atom. The SMILES string of the molecule is COc1ccc(CCN2C(=O)N(C(C)C)C(=O)C23CCN(Cc2ccccc2)CC3)cc1. The fourth-order valence-corrected chi connectivity index (χ4v) is 4.94. The molecule has 0 unspecified atom stereocenters. The van der Waals surface area contributed by atoms with Gasteiger partial charge in [-0.15, -0.1) is 0 Å². The van der Waals surface area contributed by atoms with E-state index in [4.69, 9.17) is 4.74 Å². The van der Waals surface area contributed by atoms with Gasteiger partial charge in [0.1, 0.15) is 11.3 Å². The van der Waals surface area contributed by atoms with E-state index >= 15 is 0 Å². The van der Waals surface area contributed by atoms with Crippen LogP contribution in [0.25, 0.3) is 0 Å². The number of likely N-dealkylation sites (tertiary alicyclic amines) is 1. The second-order valence-electron chi connectivity index (χ2n) is 9.09. The molecule has 32 heavy (non-hydrogen) atoms. The number of ether oxygens (including phenoxy) is 1. The molecule has 0 bridgehead atoms. The van der Waals surface area contributed by atoms with Crippen LogP contribution in [0.4, 0.5) is 4.79 Å². The summed E-state index contributed by atoms with van der Waals surface area (Å²) in [4.78, 5) is 32.6. The maximum absolute atomic E-state index is 13.5. The Balaban J connectivity index is 1.49. The minimum Gasteiger partial charge on any atom is -0.497 e. The van der Waals surface area contributed by atoms with Gasteiger partial charge in [0, 0.05) is 32.2 Å². The molecule has 2 fully saturated rings. The van der Waals surface area contributed by atoms with Crippen LogP contribution in [0.1, 0.15) is 37.8 Å². The van der Waals surface area contributed by atoms with Gasteiger partial charge in [0.25, 0.3) is 5.91 Å². The summed E-state index contributed by atoms with van der Waals surface area (Å²) in [6.07, 6.45) is 2.07. The zero-order chi connectivity index (χ0) is 22.7. The number of rotatable bonds is 7. The van der Waals surface area contributed by atoms with E-state index in [-0.39, 0.29) is 18.0 Å². The van der Waals surface area contributed by atoms with Crippen molar-refractivity contribution in [3.63, 3.8) is 0 Å². The zero-order valence-electron chi connectivity index (χ0n) is 19.3. The van der Waals surface area contributed by atoms with Crippen LogP contribution in [0, 0.1) is 0 Å². The predicted molar refractivity (Wildman–Crippen MR) is 124 cm³/mol. The Kier molecular flexibility index (Phi) is 6.51. The quantitative estimate of drug-likeness (QED) is 0.618. The minimum atomic E-state index is -0.721. The Labute approximate surface area is 190 Å². The van der Waals surface area contributed by atoms with Gasteiger partial charge in [-0.2, -0.15) is 0 Å². The summed E-state index contributed by atoms with van der Waals surface area (Å²) >= 11 is 0. The summed E-state index contributed by atoms with van der Waals surface area (Å²) in [6, 6.07) is 18.0. The van der Waals surface area contributed by atoms with E-state index in [1.165, 1.54) is 10.5 Å². The average Bonchev–Trinajstić information content (AvgIpc) is 3.00. The second-order valence-corrected chi connectivity index (χ2v) is 9.09. The monoisotopic (exact) mass is 435 g/mol. The summed E-state index contributed by atoms with van der Waals surface area (Å²) in [6.45, 7) is 6.86. The van der Waals surface area contributed by atoms with Crippen molar-refractivity contribution in [3.05, 3.63) is 65.7 Å². The van der Waals surface area contributed by atoms with E-state index in [9.17, 15) is 9.59 Å². The third-order valence-electron chi connectivity index (χ3n) is 6.80. The molecular weight excluding hydrogens is 402 g/mol. The molecule has 170 valence electrons. The van der Waals surface area contributed by atoms with Gasteiger partial charge in [-0.25, -0.2) is 4.79 Å². The van der Waals surface area contributed by atoms with Crippen LogP contribution in [-0.4, -0.2) is 65.0 Å². The van der Waals surface area contributed by atoms with Gasteiger partial charge in [-0.3, -0.25) is 14.6 Å². The Hall–Kier alpha value is -2.86. The number of urea groups is 1. The fourth-order valence-electron chi connectivity index (χ4n) is 4.94. The molecule has 2 heterocycles. The van der Waals surface area contributed by atoms with Gasteiger partial charge in [-0.1, -0.05) is 42.5 Å². The van der Waals surface area contributed by atoms with Gasteiger partial charge in [0.2, 0.25) is 0 Å². The molecule has 2 aromatic carbocycles. The summed E-state index contributed by atoms with van der Waals surface area (Å²) in [5.41, 5.74) is 1.68. The minimum absolute atomic E-state index is 0.0217. The lowest BCUT2D eigenvalue weighted by atomic mass is 9.85. The lowest BCUT2D eigenvalue weighted by Gasteiger charge is -2.42. The molecule has 0 N–H and O–H groups in total. The molecule has 2 aliphatic rings. The van der Waals surface area contributed by atoms with E-state index in [2.05, 4.69) is 29.2 Å². The van der Waals surface area contributed by atoms with Crippen molar-refractivity contribution in [1.29, 1.82) is 0 Å². The van der Waals surface area contributed by atoms with Gasteiger partial charge in [0.05, 0.1) is 7.11 Å². The number of methoxy groups -OCH3 is 1. The number of nitrogens with zero attached hydrogens (tertiary/aromatic N) is 3. The lowest BCUT2D eigenvalue weighted by Crippen LogP contribution is -2.56. The van der Waals surface area contributed by atoms with Crippen molar-refractivity contribution in [2.75, 3.05) is 26.7 Å². The summed E-state index contributed by atoms with van der Waals surface area (Å²) in [5.74, 6) is 0.793. The maximum Gasteiger partial charge on any atom is 0.327 e. The first-order valence-corrected chi connectivity index (χ1v) is 11.5. The molecule has 6 nitrogen and oxygen atoms in total. The van der Waals surface area contributed by atoms with Crippen molar-refractivity contribution < 1.29 is 14.3 Å². The van der Waals surface area contributed by atoms with Crippen LogP contribution in [0.15, 0.2) is 54.6 Å². The third-order valence-corrected chi connectivity index (χ3v) is 6.80. The second kappa shape index (κ2) is 9.33. The highest BCUT2D eigenvalue weighted by molar-refractivity contribution is 6.07. The summed E-state index contributed by atoms with van der Waals surface area (Å²) in [7, 11) is 1.65. The average molecular weight is 436 g/mol. The highest BCUT2D eigenvalue weighted by atomic mass is 16.5. The van der Waals surface area contributed by atoms with Crippen LogP contribution in [0.3, 0.4) is 0 Å². The van der Waals surface area contributed by atoms with E-state index < -0.39 is 5.54 Å². The van der Waals surface area contributed by atoms with Crippen LogP contribution in [0.5, 0.6) is 5.75 Å². The standard InChI is InChI=1S/C26H33N3O3/c1-20(2)29-24(30)26(14-17-27(18-15-26)19-22-7-5-4-6-8-22)28(25(29)31)16-13-21-9-11-23(32-3)12-10-21/h4-12,20H,13-19H2,1-3H3. The fraction of sp³-hybridized carbons (Fsp3) is 0.462. The molecule has 0 atom stereocenters. The molecule has 0 saturated carbocycles. The topological polar surface area (TPSA) is 53.1 Å². The molecule has 2 aromatic rings. The largest absolute Gasteiger partial charge is 0.497 e. The van der Waals surface area contributed by atoms with Crippen molar-refractivity contribution >= 4 is 11.9 Å².